The predicted octanol–water partition coefficient (Wildman–Crippen LogP) is 5.88. The summed E-state index contributed by atoms with van der Waals surface area (Å²) in [6, 6.07) is -1.27. The van der Waals surface area contributed by atoms with Crippen LogP contribution >= 0.6 is 12.6 Å². The van der Waals surface area contributed by atoms with E-state index in [0.717, 1.165) is 38.5 Å². The van der Waals surface area contributed by atoms with Gasteiger partial charge in [-0.3, -0.25) is 14.4 Å². The number of thiol groups is 1. The van der Waals surface area contributed by atoms with Crippen molar-refractivity contribution in [3.8, 4) is 0 Å². The van der Waals surface area contributed by atoms with Crippen LogP contribution in [0.25, 0.3) is 0 Å². The highest BCUT2D eigenvalue weighted by molar-refractivity contribution is 7.96. The molecule has 0 bridgehead atoms. The van der Waals surface area contributed by atoms with Gasteiger partial charge in [0.1, 0.15) is 6.04 Å². The van der Waals surface area contributed by atoms with Crippen molar-refractivity contribution in [1.82, 2.24) is 10.6 Å². The minimum atomic E-state index is -1.03. The molecule has 0 aliphatic rings. The summed E-state index contributed by atoms with van der Waals surface area (Å²) < 4.78 is 0. The molecule has 4 N–H and O–H groups in total. The SMILES string of the molecule is CC(NCCCC(NC(=O)CCCCCCCCCCCCCCCCCCC(=O)O)C(=O)O)C(=O)S. The molecule has 0 radical (unpaired) electrons. The lowest BCUT2D eigenvalue weighted by Gasteiger charge is -2.15. The number of carbonyl (C=O) groups is 4. The second-order valence-electron chi connectivity index (χ2n) is 10.2. The van der Waals surface area contributed by atoms with E-state index in [-0.39, 0.29) is 17.1 Å². The van der Waals surface area contributed by atoms with E-state index in [1.54, 1.807) is 6.92 Å². The summed E-state index contributed by atoms with van der Waals surface area (Å²) in [4.78, 5) is 45.0. The number of aliphatic carboxylic acids is 2. The lowest BCUT2D eigenvalue weighted by Crippen LogP contribution is -2.41. The second kappa shape index (κ2) is 24.7. The average molecular weight is 545 g/mol. The van der Waals surface area contributed by atoms with Crippen LogP contribution in [0.1, 0.15) is 135 Å². The molecule has 2 unspecified atom stereocenters. The zero-order valence-corrected chi connectivity index (χ0v) is 23.9. The van der Waals surface area contributed by atoms with Crippen LogP contribution in [-0.4, -0.2) is 51.8 Å². The van der Waals surface area contributed by atoms with Crippen LogP contribution < -0.4 is 10.6 Å². The van der Waals surface area contributed by atoms with Gasteiger partial charge in [0.15, 0.2) is 0 Å². The second-order valence-corrected chi connectivity index (χ2v) is 10.6. The summed E-state index contributed by atoms with van der Waals surface area (Å²) >= 11 is 3.75. The third-order valence-corrected chi connectivity index (χ3v) is 7.06. The molecule has 0 saturated heterocycles. The first-order chi connectivity index (χ1) is 17.7. The number of amides is 1. The van der Waals surface area contributed by atoms with Crippen molar-refractivity contribution in [3.63, 3.8) is 0 Å². The van der Waals surface area contributed by atoms with E-state index in [0.29, 0.717) is 32.2 Å². The molecule has 0 aliphatic carbocycles. The molecular formula is C28H52N2O6S. The molecule has 8 nitrogen and oxygen atoms in total. The van der Waals surface area contributed by atoms with Gasteiger partial charge in [0, 0.05) is 12.8 Å². The Balaban J connectivity index is 3.52. The molecule has 0 fully saturated rings. The summed E-state index contributed by atoms with van der Waals surface area (Å²) in [5.41, 5.74) is 0. The lowest BCUT2D eigenvalue weighted by atomic mass is 10.0. The maximum Gasteiger partial charge on any atom is 0.326 e. The van der Waals surface area contributed by atoms with Crippen LogP contribution in [0, 0.1) is 0 Å². The molecule has 0 spiro atoms. The fraction of sp³-hybridized carbons (Fsp3) is 0.857. The molecule has 0 aromatic rings. The van der Waals surface area contributed by atoms with Crippen LogP contribution in [0.4, 0.5) is 0 Å². The number of rotatable bonds is 27. The Morgan fingerprint density at radius 1 is 0.649 bits per heavy atom. The lowest BCUT2D eigenvalue weighted by molar-refractivity contribution is -0.142. The van der Waals surface area contributed by atoms with Crippen molar-refractivity contribution in [3.05, 3.63) is 0 Å². The Hall–Kier alpha value is -1.61. The van der Waals surface area contributed by atoms with Gasteiger partial charge in [-0.2, -0.15) is 0 Å². The van der Waals surface area contributed by atoms with E-state index >= 15 is 0 Å². The van der Waals surface area contributed by atoms with Crippen molar-refractivity contribution in [2.75, 3.05) is 6.54 Å². The van der Waals surface area contributed by atoms with E-state index in [9.17, 15) is 24.3 Å². The molecule has 2 atom stereocenters. The minimum Gasteiger partial charge on any atom is -0.481 e. The number of unbranched alkanes of at least 4 members (excludes halogenated alkanes) is 15. The summed E-state index contributed by atoms with van der Waals surface area (Å²) in [5, 5.41) is 23.3. The molecule has 0 aromatic heterocycles. The fourth-order valence-electron chi connectivity index (χ4n) is 4.27. The average Bonchev–Trinajstić information content (AvgIpc) is 2.84. The number of nitrogens with one attached hydrogen (secondary N) is 2. The predicted molar refractivity (Wildman–Crippen MR) is 151 cm³/mol. The highest BCUT2D eigenvalue weighted by Gasteiger charge is 2.19. The summed E-state index contributed by atoms with van der Waals surface area (Å²) in [7, 11) is 0. The van der Waals surface area contributed by atoms with Crippen LogP contribution in [0.3, 0.4) is 0 Å². The van der Waals surface area contributed by atoms with Gasteiger partial charge in [-0.1, -0.05) is 89.9 Å². The summed E-state index contributed by atoms with van der Waals surface area (Å²) in [6.07, 6.45) is 20.0. The Morgan fingerprint density at radius 2 is 1.05 bits per heavy atom. The number of hydrogen-bond acceptors (Lipinski definition) is 5. The van der Waals surface area contributed by atoms with Crippen molar-refractivity contribution in [1.29, 1.82) is 0 Å². The highest BCUT2D eigenvalue weighted by atomic mass is 32.1. The molecule has 0 aliphatic heterocycles. The Labute approximate surface area is 229 Å². The first kappa shape index (κ1) is 35.4. The van der Waals surface area contributed by atoms with Gasteiger partial charge in [-0.05, 0) is 39.2 Å². The molecule has 0 rings (SSSR count). The molecule has 37 heavy (non-hydrogen) atoms. The minimum absolute atomic E-state index is 0.211. The first-order valence-corrected chi connectivity index (χ1v) is 14.9. The first-order valence-electron chi connectivity index (χ1n) is 14.4. The number of hydrogen-bond donors (Lipinski definition) is 5. The van der Waals surface area contributed by atoms with E-state index in [4.69, 9.17) is 5.11 Å². The van der Waals surface area contributed by atoms with Gasteiger partial charge in [0.25, 0.3) is 0 Å². The van der Waals surface area contributed by atoms with Crippen LogP contribution in [0.5, 0.6) is 0 Å². The molecule has 216 valence electrons. The number of carboxylic acid groups (broad SMARTS) is 2. The Kier molecular flexibility index (Phi) is 23.6. The monoisotopic (exact) mass is 544 g/mol. The third kappa shape index (κ3) is 24.5. The van der Waals surface area contributed by atoms with E-state index in [2.05, 4.69) is 23.3 Å². The summed E-state index contributed by atoms with van der Waals surface area (Å²) in [6.45, 7) is 2.19. The maximum absolute atomic E-state index is 12.1. The van der Waals surface area contributed by atoms with Gasteiger partial charge < -0.3 is 20.8 Å². The molecule has 0 saturated carbocycles. The van der Waals surface area contributed by atoms with Crippen molar-refractivity contribution in [2.45, 2.75) is 147 Å². The highest BCUT2D eigenvalue weighted by Crippen LogP contribution is 2.14. The van der Waals surface area contributed by atoms with Crippen LogP contribution in [0.15, 0.2) is 0 Å². The van der Waals surface area contributed by atoms with Crippen LogP contribution in [0.2, 0.25) is 0 Å². The van der Waals surface area contributed by atoms with E-state index < -0.39 is 18.0 Å². The van der Waals surface area contributed by atoms with Gasteiger partial charge in [0.2, 0.25) is 11.0 Å². The maximum atomic E-state index is 12.1. The zero-order chi connectivity index (χ0) is 27.7. The van der Waals surface area contributed by atoms with Crippen molar-refractivity contribution >= 4 is 35.6 Å². The van der Waals surface area contributed by atoms with Crippen LogP contribution in [-0.2, 0) is 19.2 Å². The normalized spacial score (nSPS) is 12.7. The third-order valence-electron chi connectivity index (χ3n) is 6.67. The number of carbonyl (C=O) groups excluding carboxylic acids is 2. The van der Waals surface area contributed by atoms with Crippen molar-refractivity contribution in [2.24, 2.45) is 0 Å². The molecule has 0 heterocycles. The smallest absolute Gasteiger partial charge is 0.326 e. The zero-order valence-electron chi connectivity index (χ0n) is 23.0. The molecule has 0 aromatic carbocycles. The molecular weight excluding hydrogens is 492 g/mol. The Bertz CT molecular complexity index is 632. The van der Waals surface area contributed by atoms with Gasteiger partial charge in [-0.15, -0.1) is 12.6 Å². The Morgan fingerprint density at radius 3 is 1.43 bits per heavy atom. The number of carboxylic acids is 2. The molecule has 9 heteroatoms. The van der Waals surface area contributed by atoms with Gasteiger partial charge >= 0.3 is 11.9 Å². The largest absolute Gasteiger partial charge is 0.481 e. The summed E-state index contributed by atoms with van der Waals surface area (Å²) in [5.74, 6) is -1.93. The quantitative estimate of drug-likeness (QED) is 0.0644. The van der Waals surface area contributed by atoms with Gasteiger partial charge in [0.05, 0.1) is 6.04 Å². The van der Waals surface area contributed by atoms with E-state index in [1.807, 2.05) is 0 Å². The standard InChI is InChI=1S/C28H52N2O6S/c1-23(28(36)37)29-22-18-19-24(27(34)35)30-25(31)20-16-14-12-10-8-6-4-2-3-5-7-9-11-13-15-17-21-26(32)33/h23-24,29H,2-22H2,1H3,(H,30,31)(H,32,33)(H,34,35)(H,36,37). The van der Waals surface area contributed by atoms with Gasteiger partial charge in [-0.25, -0.2) is 4.79 Å². The molecule has 1 amide bonds. The van der Waals surface area contributed by atoms with E-state index in [1.165, 1.54) is 64.2 Å². The van der Waals surface area contributed by atoms with Crippen molar-refractivity contribution < 1.29 is 29.4 Å². The fourth-order valence-corrected chi connectivity index (χ4v) is 4.36. The topological polar surface area (TPSA) is 133 Å².